The topological polar surface area (TPSA) is 50.2 Å². The monoisotopic (exact) mass is 374 g/mol. The Bertz CT molecular complexity index is 940. The standard InChI is InChI=1S/C23H26N4O/c1-17-8-10-19(11-9-17)13-25-23(28)26-15-21(16-26)22-24-12-18(2)27(22)14-20-6-4-3-5-7-20/h3-12,21H,13-16H2,1-2H3,(H,25,28). The molecular weight excluding hydrogens is 348 g/mol. The van der Waals surface area contributed by atoms with Crippen molar-refractivity contribution in [3.8, 4) is 0 Å². The largest absolute Gasteiger partial charge is 0.334 e. The normalized spacial score (nSPS) is 14.0. The van der Waals surface area contributed by atoms with Crippen LogP contribution in [0.25, 0.3) is 0 Å². The van der Waals surface area contributed by atoms with Crippen molar-refractivity contribution >= 4 is 6.03 Å². The fourth-order valence-electron chi connectivity index (χ4n) is 3.58. The van der Waals surface area contributed by atoms with Crippen molar-refractivity contribution in [1.82, 2.24) is 19.8 Å². The number of aromatic nitrogens is 2. The molecule has 2 aromatic carbocycles. The van der Waals surface area contributed by atoms with E-state index in [0.717, 1.165) is 23.6 Å². The van der Waals surface area contributed by atoms with Gasteiger partial charge >= 0.3 is 6.03 Å². The number of rotatable bonds is 5. The SMILES string of the molecule is Cc1ccc(CNC(=O)N2CC(c3ncc(C)n3Cc3ccccc3)C2)cc1. The second-order valence-electron chi connectivity index (χ2n) is 7.58. The van der Waals surface area contributed by atoms with E-state index >= 15 is 0 Å². The molecule has 1 aromatic heterocycles. The van der Waals surface area contributed by atoms with E-state index in [9.17, 15) is 4.79 Å². The Labute approximate surface area is 166 Å². The Morgan fingerprint density at radius 2 is 1.75 bits per heavy atom. The van der Waals surface area contributed by atoms with Crippen LogP contribution < -0.4 is 5.32 Å². The van der Waals surface area contributed by atoms with Crippen molar-refractivity contribution in [3.63, 3.8) is 0 Å². The Morgan fingerprint density at radius 3 is 2.46 bits per heavy atom. The fourth-order valence-corrected chi connectivity index (χ4v) is 3.58. The van der Waals surface area contributed by atoms with Crippen LogP contribution in [0.1, 0.15) is 34.1 Å². The molecule has 3 aromatic rings. The number of nitrogens with zero attached hydrogens (tertiary/aromatic N) is 3. The highest BCUT2D eigenvalue weighted by Crippen LogP contribution is 2.27. The van der Waals surface area contributed by atoms with Crippen molar-refractivity contribution in [3.05, 3.63) is 89.0 Å². The van der Waals surface area contributed by atoms with E-state index in [4.69, 9.17) is 0 Å². The lowest BCUT2D eigenvalue weighted by atomic mass is 9.99. The zero-order valence-electron chi connectivity index (χ0n) is 16.4. The van der Waals surface area contributed by atoms with Gasteiger partial charge in [0.05, 0.1) is 5.92 Å². The summed E-state index contributed by atoms with van der Waals surface area (Å²) in [6.07, 6.45) is 1.93. The number of likely N-dealkylation sites (tertiary alicyclic amines) is 1. The lowest BCUT2D eigenvalue weighted by Crippen LogP contribution is -2.53. The average Bonchev–Trinajstić information content (AvgIpc) is 3.01. The Hall–Kier alpha value is -3.08. The molecule has 0 saturated carbocycles. The average molecular weight is 374 g/mol. The molecule has 2 amide bonds. The minimum absolute atomic E-state index is 0.00490. The number of carbonyl (C=O) groups excluding carboxylic acids is 1. The van der Waals surface area contributed by atoms with E-state index < -0.39 is 0 Å². The number of carbonyl (C=O) groups is 1. The van der Waals surface area contributed by atoms with Crippen LogP contribution in [0.4, 0.5) is 4.79 Å². The predicted molar refractivity (Wildman–Crippen MR) is 110 cm³/mol. The molecule has 28 heavy (non-hydrogen) atoms. The second kappa shape index (κ2) is 7.89. The summed E-state index contributed by atoms with van der Waals surface area (Å²) in [6.45, 7) is 6.95. The van der Waals surface area contributed by atoms with Gasteiger partial charge in [-0.1, -0.05) is 60.2 Å². The van der Waals surface area contributed by atoms with Crippen molar-refractivity contribution in [1.29, 1.82) is 0 Å². The number of urea groups is 1. The van der Waals surface area contributed by atoms with Crippen molar-refractivity contribution < 1.29 is 4.79 Å². The number of hydrogen-bond donors (Lipinski definition) is 1. The molecule has 0 unspecified atom stereocenters. The molecule has 0 spiro atoms. The highest BCUT2D eigenvalue weighted by atomic mass is 16.2. The van der Waals surface area contributed by atoms with Gasteiger partial charge in [0.1, 0.15) is 5.82 Å². The van der Waals surface area contributed by atoms with E-state index in [-0.39, 0.29) is 6.03 Å². The Balaban J connectivity index is 1.33. The molecule has 1 aliphatic rings. The molecule has 0 radical (unpaired) electrons. The molecule has 1 N–H and O–H groups in total. The van der Waals surface area contributed by atoms with Gasteiger partial charge in [-0.3, -0.25) is 0 Å². The van der Waals surface area contributed by atoms with E-state index in [1.54, 1.807) is 0 Å². The van der Waals surface area contributed by atoms with E-state index in [2.05, 4.69) is 77.2 Å². The molecule has 0 atom stereocenters. The Morgan fingerprint density at radius 1 is 1.04 bits per heavy atom. The maximum atomic E-state index is 12.4. The van der Waals surface area contributed by atoms with Gasteiger partial charge in [0.15, 0.2) is 0 Å². The molecule has 4 rings (SSSR count). The van der Waals surface area contributed by atoms with E-state index in [0.29, 0.717) is 25.6 Å². The minimum atomic E-state index is -0.00490. The van der Waals surface area contributed by atoms with E-state index in [1.807, 2.05) is 17.2 Å². The Kier molecular flexibility index (Phi) is 5.15. The number of benzene rings is 2. The molecule has 1 saturated heterocycles. The van der Waals surface area contributed by atoms with Crippen LogP contribution >= 0.6 is 0 Å². The number of aryl methyl sites for hydroxylation is 2. The zero-order valence-corrected chi connectivity index (χ0v) is 16.4. The van der Waals surface area contributed by atoms with Crippen LogP contribution in [0.5, 0.6) is 0 Å². The summed E-state index contributed by atoms with van der Waals surface area (Å²) in [5.41, 5.74) is 4.75. The summed E-state index contributed by atoms with van der Waals surface area (Å²) in [7, 11) is 0. The molecule has 1 aliphatic heterocycles. The van der Waals surface area contributed by atoms with Gasteiger partial charge in [-0.15, -0.1) is 0 Å². The summed E-state index contributed by atoms with van der Waals surface area (Å²) < 4.78 is 2.27. The van der Waals surface area contributed by atoms with Gasteiger partial charge in [-0.25, -0.2) is 9.78 Å². The van der Waals surface area contributed by atoms with E-state index in [1.165, 1.54) is 11.1 Å². The fraction of sp³-hybridized carbons (Fsp3) is 0.304. The first kappa shape index (κ1) is 18.3. The van der Waals surface area contributed by atoms with Gasteiger partial charge in [-0.05, 0) is 25.0 Å². The summed E-state index contributed by atoms with van der Waals surface area (Å²) in [4.78, 5) is 18.9. The van der Waals surface area contributed by atoms with Crippen LogP contribution in [-0.2, 0) is 13.1 Å². The van der Waals surface area contributed by atoms with Gasteiger partial charge in [0, 0.05) is 38.1 Å². The minimum Gasteiger partial charge on any atom is -0.334 e. The first-order valence-corrected chi connectivity index (χ1v) is 9.74. The van der Waals surface area contributed by atoms with Crippen molar-refractivity contribution in [2.24, 2.45) is 0 Å². The molecule has 5 nitrogen and oxygen atoms in total. The molecule has 144 valence electrons. The third kappa shape index (κ3) is 3.93. The first-order valence-electron chi connectivity index (χ1n) is 9.74. The lowest BCUT2D eigenvalue weighted by Gasteiger charge is -2.39. The van der Waals surface area contributed by atoms with Crippen LogP contribution in [0.2, 0.25) is 0 Å². The molecule has 0 aliphatic carbocycles. The lowest BCUT2D eigenvalue weighted by molar-refractivity contribution is 0.147. The smallest absolute Gasteiger partial charge is 0.317 e. The van der Waals surface area contributed by atoms with Crippen LogP contribution in [0.3, 0.4) is 0 Å². The van der Waals surface area contributed by atoms with Gasteiger partial charge in [-0.2, -0.15) is 0 Å². The quantitative estimate of drug-likeness (QED) is 0.737. The zero-order chi connectivity index (χ0) is 19.5. The number of nitrogens with one attached hydrogen (secondary N) is 1. The summed E-state index contributed by atoms with van der Waals surface area (Å²) >= 11 is 0. The van der Waals surface area contributed by atoms with Crippen LogP contribution in [0, 0.1) is 13.8 Å². The number of hydrogen-bond acceptors (Lipinski definition) is 2. The molecule has 5 heteroatoms. The van der Waals surface area contributed by atoms with Gasteiger partial charge in [0.2, 0.25) is 0 Å². The van der Waals surface area contributed by atoms with Crippen molar-refractivity contribution in [2.75, 3.05) is 13.1 Å². The van der Waals surface area contributed by atoms with Gasteiger partial charge in [0.25, 0.3) is 0 Å². The van der Waals surface area contributed by atoms with Crippen molar-refractivity contribution in [2.45, 2.75) is 32.9 Å². The predicted octanol–water partition coefficient (Wildman–Crippen LogP) is 3.86. The molecule has 1 fully saturated rings. The highest BCUT2D eigenvalue weighted by molar-refractivity contribution is 5.75. The molecular formula is C23H26N4O. The third-order valence-corrected chi connectivity index (χ3v) is 5.37. The molecule has 0 bridgehead atoms. The van der Waals surface area contributed by atoms with Crippen LogP contribution in [0.15, 0.2) is 60.8 Å². The third-order valence-electron chi connectivity index (χ3n) is 5.37. The summed E-state index contributed by atoms with van der Waals surface area (Å²) in [6, 6.07) is 18.7. The highest BCUT2D eigenvalue weighted by Gasteiger charge is 2.34. The summed E-state index contributed by atoms with van der Waals surface area (Å²) in [5.74, 6) is 1.37. The maximum Gasteiger partial charge on any atom is 0.317 e. The van der Waals surface area contributed by atoms with Gasteiger partial charge < -0.3 is 14.8 Å². The number of amides is 2. The number of imidazole rings is 1. The maximum absolute atomic E-state index is 12.4. The summed E-state index contributed by atoms with van der Waals surface area (Å²) in [5, 5.41) is 3.01. The molecule has 2 heterocycles. The first-order chi connectivity index (χ1) is 13.6. The van der Waals surface area contributed by atoms with Crippen LogP contribution in [-0.4, -0.2) is 33.6 Å². The second-order valence-corrected chi connectivity index (χ2v) is 7.58.